The summed E-state index contributed by atoms with van der Waals surface area (Å²) in [4.78, 5) is 0. The standard InChI is InChI=1S/C17H24.5C2H6/c1-6-9-15(8-3)17-12-11-16(10-7-2)13(4)14(17)5;5*1-2/h6-10,14,17H,1,3,11-12H2,2,4-5H3;5*1-2H3/b10-7-,15-9+;;;;;. The van der Waals surface area contributed by atoms with Crippen molar-refractivity contribution in [3.63, 3.8) is 0 Å². The van der Waals surface area contributed by atoms with Gasteiger partial charge in [-0.05, 0) is 49.7 Å². The van der Waals surface area contributed by atoms with Gasteiger partial charge in [-0.1, -0.05) is 125 Å². The molecule has 1 rings (SSSR count). The number of hydrogen-bond acceptors (Lipinski definition) is 0. The van der Waals surface area contributed by atoms with E-state index in [1.807, 2.05) is 81.4 Å². The Balaban J connectivity index is -0.000000139. The lowest BCUT2D eigenvalue weighted by Crippen LogP contribution is -2.20. The van der Waals surface area contributed by atoms with Gasteiger partial charge in [0, 0.05) is 0 Å². The smallest absolute Gasteiger partial charge is 0.00959 e. The highest BCUT2D eigenvalue weighted by molar-refractivity contribution is 5.34. The highest BCUT2D eigenvalue weighted by Crippen LogP contribution is 2.39. The number of allylic oxidation sites excluding steroid dienone is 8. The highest BCUT2D eigenvalue weighted by Gasteiger charge is 2.26. The molecule has 0 aliphatic heterocycles. The Morgan fingerprint density at radius 2 is 1.33 bits per heavy atom. The first-order valence-corrected chi connectivity index (χ1v) is 11.4. The van der Waals surface area contributed by atoms with Gasteiger partial charge in [0.2, 0.25) is 0 Å². The molecule has 0 fully saturated rings. The Hall–Kier alpha value is -1.30. The lowest BCUT2D eigenvalue weighted by molar-refractivity contribution is 0.414. The van der Waals surface area contributed by atoms with Crippen LogP contribution in [0.25, 0.3) is 0 Å². The number of hydrogen-bond donors (Lipinski definition) is 0. The van der Waals surface area contributed by atoms with Crippen LogP contribution >= 0.6 is 0 Å². The normalized spacial score (nSPS) is 17.7. The van der Waals surface area contributed by atoms with Crippen molar-refractivity contribution in [1.29, 1.82) is 0 Å². The number of rotatable bonds is 4. The van der Waals surface area contributed by atoms with Crippen LogP contribution in [0.5, 0.6) is 0 Å². The zero-order valence-electron chi connectivity index (χ0n) is 21.4. The fourth-order valence-corrected chi connectivity index (χ4v) is 2.70. The molecule has 0 saturated carbocycles. The molecule has 2 atom stereocenters. The van der Waals surface area contributed by atoms with Crippen molar-refractivity contribution in [1.82, 2.24) is 0 Å². The quantitative estimate of drug-likeness (QED) is 0.427. The van der Waals surface area contributed by atoms with Gasteiger partial charge < -0.3 is 0 Å². The van der Waals surface area contributed by atoms with Crippen molar-refractivity contribution in [2.24, 2.45) is 11.8 Å². The van der Waals surface area contributed by atoms with Gasteiger partial charge in [-0.25, -0.2) is 0 Å². The zero-order valence-corrected chi connectivity index (χ0v) is 21.4. The second kappa shape index (κ2) is 32.4. The van der Waals surface area contributed by atoms with Crippen LogP contribution in [0.3, 0.4) is 0 Å². The minimum Gasteiger partial charge on any atom is -0.0991 e. The van der Waals surface area contributed by atoms with Gasteiger partial charge in [0.25, 0.3) is 0 Å². The Morgan fingerprint density at radius 1 is 0.889 bits per heavy atom. The third-order valence-electron chi connectivity index (χ3n) is 3.86. The van der Waals surface area contributed by atoms with Gasteiger partial charge in [-0.2, -0.15) is 0 Å². The van der Waals surface area contributed by atoms with Crippen LogP contribution in [0.2, 0.25) is 0 Å². The van der Waals surface area contributed by atoms with Crippen molar-refractivity contribution in [2.75, 3.05) is 0 Å². The van der Waals surface area contributed by atoms with Gasteiger partial charge in [-0.15, -0.1) is 0 Å². The molecule has 1 aliphatic carbocycles. The van der Waals surface area contributed by atoms with Gasteiger partial charge in [0.15, 0.2) is 0 Å². The average molecular weight is 379 g/mol. The first kappa shape index (κ1) is 36.6. The van der Waals surface area contributed by atoms with Crippen molar-refractivity contribution >= 4 is 0 Å². The largest absolute Gasteiger partial charge is 0.0991 e. The van der Waals surface area contributed by atoms with Crippen LogP contribution in [-0.2, 0) is 0 Å². The molecule has 2 unspecified atom stereocenters. The van der Waals surface area contributed by atoms with E-state index >= 15 is 0 Å². The predicted molar refractivity (Wildman–Crippen MR) is 135 cm³/mol. The summed E-state index contributed by atoms with van der Waals surface area (Å²) in [5.74, 6) is 1.19. The summed E-state index contributed by atoms with van der Waals surface area (Å²) in [6.45, 7) is 34.4. The van der Waals surface area contributed by atoms with Crippen LogP contribution in [0, 0.1) is 11.8 Å². The minimum absolute atomic E-state index is 0.596. The van der Waals surface area contributed by atoms with Gasteiger partial charge in [0.1, 0.15) is 0 Å². The van der Waals surface area contributed by atoms with E-state index in [2.05, 4.69) is 52.2 Å². The van der Waals surface area contributed by atoms with Crippen molar-refractivity contribution in [2.45, 2.75) is 103 Å². The fraction of sp³-hybridized carbons (Fsp3) is 0.630. The fourth-order valence-electron chi connectivity index (χ4n) is 2.70. The summed E-state index contributed by atoms with van der Waals surface area (Å²) in [6.07, 6.45) is 12.7. The zero-order chi connectivity index (χ0) is 22.8. The predicted octanol–water partition coefficient (Wildman–Crippen LogP) is 10.4. The lowest BCUT2D eigenvalue weighted by atomic mass is 9.73. The van der Waals surface area contributed by atoms with Crippen LogP contribution < -0.4 is 0 Å². The van der Waals surface area contributed by atoms with Crippen LogP contribution in [0.4, 0.5) is 0 Å². The van der Waals surface area contributed by atoms with Crippen LogP contribution in [-0.4, -0.2) is 0 Å². The SMILES string of the molecule is C=C/C=C(\C=C)C1CCC(/C=C\C)=C(C)C1C.CC.CC.CC.CC.CC. The average Bonchev–Trinajstić information content (AvgIpc) is 2.77. The molecule has 0 saturated heterocycles. The van der Waals surface area contributed by atoms with Crippen LogP contribution in [0.1, 0.15) is 103 Å². The molecule has 1 aliphatic rings. The van der Waals surface area contributed by atoms with E-state index in [1.165, 1.54) is 29.6 Å². The first-order chi connectivity index (χ1) is 13.2. The third-order valence-corrected chi connectivity index (χ3v) is 3.86. The van der Waals surface area contributed by atoms with Crippen molar-refractivity contribution in [3.05, 3.63) is 60.3 Å². The maximum atomic E-state index is 3.92. The monoisotopic (exact) mass is 378 g/mol. The van der Waals surface area contributed by atoms with E-state index in [1.54, 1.807) is 0 Å². The van der Waals surface area contributed by atoms with E-state index in [-0.39, 0.29) is 0 Å². The summed E-state index contributed by atoms with van der Waals surface area (Å²) in [5, 5.41) is 0. The molecule has 0 heterocycles. The second-order valence-corrected chi connectivity index (χ2v) is 4.75. The van der Waals surface area contributed by atoms with E-state index in [0.717, 1.165) is 0 Å². The highest BCUT2D eigenvalue weighted by atomic mass is 14.3. The molecule has 0 aromatic carbocycles. The van der Waals surface area contributed by atoms with Gasteiger partial charge >= 0.3 is 0 Å². The summed E-state index contributed by atoms with van der Waals surface area (Å²) < 4.78 is 0. The van der Waals surface area contributed by atoms with E-state index in [0.29, 0.717) is 11.8 Å². The first-order valence-electron chi connectivity index (χ1n) is 11.4. The van der Waals surface area contributed by atoms with E-state index in [9.17, 15) is 0 Å². The summed E-state index contributed by atoms with van der Waals surface area (Å²) in [5.41, 5.74) is 4.36. The maximum absolute atomic E-state index is 3.92. The van der Waals surface area contributed by atoms with Crippen molar-refractivity contribution in [3.8, 4) is 0 Å². The summed E-state index contributed by atoms with van der Waals surface area (Å²) in [7, 11) is 0. The Morgan fingerprint density at radius 3 is 1.67 bits per heavy atom. The lowest BCUT2D eigenvalue weighted by Gasteiger charge is -2.32. The molecular weight excluding hydrogens is 324 g/mol. The Bertz CT molecular complexity index is 377. The molecule has 0 bridgehead atoms. The van der Waals surface area contributed by atoms with Crippen LogP contribution in [0.15, 0.2) is 60.3 Å². The van der Waals surface area contributed by atoms with Gasteiger partial charge in [0.05, 0.1) is 0 Å². The topological polar surface area (TPSA) is 0 Å². The molecule has 27 heavy (non-hydrogen) atoms. The van der Waals surface area contributed by atoms with Gasteiger partial charge in [-0.3, -0.25) is 0 Å². The Labute approximate surface area is 175 Å². The molecule has 0 aromatic rings. The summed E-state index contributed by atoms with van der Waals surface area (Å²) >= 11 is 0. The van der Waals surface area contributed by atoms with Crippen molar-refractivity contribution < 1.29 is 0 Å². The summed E-state index contributed by atoms with van der Waals surface area (Å²) in [6, 6.07) is 0. The van der Waals surface area contributed by atoms with E-state index in [4.69, 9.17) is 0 Å². The Kier molecular flexibility index (Phi) is 43.9. The third kappa shape index (κ3) is 16.6. The molecule has 0 aromatic heterocycles. The second-order valence-electron chi connectivity index (χ2n) is 4.75. The molecule has 0 nitrogen and oxygen atoms in total. The molecule has 0 radical (unpaired) electrons. The van der Waals surface area contributed by atoms with E-state index < -0.39 is 0 Å². The molecule has 0 N–H and O–H groups in total. The maximum Gasteiger partial charge on any atom is -0.00959 e. The molecule has 162 valence electrons. The molecule has 0 heteroatoms. The molecule has 0 amide bonds. The minimum atomic E-state index is 0.596. The molecular formula is C27H54. The molecule has 0 spiro atoms.